The maximum Gasteiger partial charge on any atom is 0.0700 e. The third-order valence-corrected chi connectivity index (χ3v) is 4.37. The van der Waals surface area contributed by atoms with Crippen LogP contribution < -0.4 is 5.32 Å². The molecule has 3 aliphatic rings. The molecule has 1 aliphatic heterocycles. The van der Waals surface area contributed by atoms with Crippen LogP contribution in [0.4, 0.5) is 0 Å². The van der Waals surface area contributed by atoms with Crippen molar-refractivity contribution in [2.45, 2.75) is 50.7 Å². The Hall–Kier alpha value is -0.0800. The van der Waals surface area contributed by atoms with Gasteiger partial charge in [0.15, 0.2) is 0 Å². The van der Waals surface area contributed by atoms with E-state index in [1.807, 2.05) is 0 Å². The first kappa shape index (κ1) is 9.17. The summed E-state index contributed by atoms with van der Waals surface area (Å²) in [5, 5.41) is 3.73. The zero-order valence-corrected chi connectivity index (χ0v) is 8.87. The molecule has 4 unspecified atom stereocenters. The van der Waals surface area contributed by atoms with E-state index >= 15 is 0 Å². The summed E-state index contributed by atoms with van der Waals surface area (Å²) in [6.07, 6.45) is 8.99. The second-order valence-corrected chi connectivity index (χ2v) is 5.32. The van der Waals surface area contributed by atoms with E-state index in [4.69, 9.17) is 4.74 Å². The predicted octanol–water partition coefficient (Wildman–Crippen LogP) is 1.94. The highest BCUT2D eigenvalue weighted by Crippen LogP contribution is 2.44. The minimum Gasteiger partial charge on any atom is -0.377 e. The summed E-state index contributed by atoms with van der Waals surface area (Å²) >= 11 is 0. The van der Waals surface area contributed by atoms with E-state index in [0.717, 1.165) is 31.0 Å². The molecule has 1 heterocycles. The minimum atomic E-state index is 0.522. The van der Waals surface area contributed by atoms with E-state index in [2.05, 4.69) is 5.32 Å². The van der Waals surface area contributed by atoms with Crippen molar-refractivity contribution in [3.8, 4) is 0 Å². The fraction of sp³-hybridized carbons (Fsp3) is 1.00. The van der Waals surface area contributed by atoms with E-state index in [1.165, 1.54) is 38.5 Å². The van der Waals surface area contributed by atoms with Gasteiger partial charge in [0.25, 0.3) is 0 Å². The highest BCUT2D eigenvalue weighted by atomic mass is 16.5. The Balaban J connectivity index is 1.44. The van der Waals surface area contributed by atoms with Gasteiger partial charge in [-0.15, -0.1) is 0 Å². The zero-order chi connectivity index (χ0) is 9.38. The Bertz CT molecular complexity index is 200. The number of hydrogen-bond acceptors (Lipinski definition) is 2. The highest BCUT2D eigenvalue weighted by molar-refractivity contribution is 4.94. The van der Waals surface area contributed by atoms with Crippen LogP contribution in [0.1, 0.15) is 38.5 Å². The van der Waals surface area contributed by atoms with Crippen LogP contribution in [-0.4, -0.2) is 25.3 Å². The van der Waals surface area contributed by atoms with Gasteiger partial charge in [0.2, 0.25) is 0 Å². The molecule has 3 fully saturated rings. The van der Waals surface area contributed by atoms with Crippen molar-refractivity contribution in [3.63, 3.8) is 0 Å². The predicted molar refractivity (Wildman–Crippen MR) is 56.2 cm³/mol. The number of fused-ring (bicyclic) bond motifs is 2. The average molecular weight is 195 g/mol. The van der Waals surface area contributed by atoms with Crippen molar-refractivity contribution in [2.75, 3.05) is 13.2 Å². The van der Waals surface area contributed by atoms with Gasteiger partial charge in [-0.2, -0.15) is 0 Å². The van der Waals surface area contributed by atoms with Crippen LogP contribution in [0.25, 0.3) is 0 Å². The van der Waals surface area contributed by atoms with E-state index in [1.54, 1.807) is 0 Å². The van der Waals surface area contributed by atoms with Gasteiger partial charge in [-0.25, -0.2) is 0 Å². The average Bonchev–Trinajstić information content (AvgIpc) is 2.91. The third kappa shape index (κ3) is 1.70. The van der Waals surface area contributed by atoms with Gasteiger partial charge in [-0.3, -0.25) is 0 Å². The molecule has 4 atom stereocenters. The van der Waals surface area contributed by atoms with Crippen molar-refractivity contribution in [1.29, 1.82) is 0 Å². The smallest absolute Gasteiger partial charge is 0.0700 e. The lowest BCUT2D eigenvalue weighted by Gasteiger charge is -2.24. The molecule has 3 rings (SSSR count). The van der Waals surface area contributed by atoms with Crippen molar-refractivity contribution >= 4 is 0 Å². The van der Waals surface area contributed by atoms with Crippen LogP contribution in [0.5, 0.6) is 0 Å². The molecule has 0 aromatic carbocycles. The maximum atomic E-state index is 5.63. The Morgan fingerprint density at radius 2 is 2.14 bits per heavy atom. The normalized spacial score (nSPS) is 46.3. The summed E-state index contributed by atoms with van der Waals surface area (Å²) < 4.78 is 5.63. The molecule has 2 nitrogen and oxygen atoms in total. The Morgan fingerprint density at radius 3 is 2.79 bits per heavy atom. The summed E-state index contributed by atoms with van der Waals surface area (Å²) in [5.74, 6) is 2.06. The molecule has 1 N–H and O–H groups in total. The summed E-state index contributed by atoms with van der Waals surface area (Å²) in [5.41, 5.74) is 0. The van der Waals surface area contributed by atoms with Crippen molar-refractivity contribution in [2.24, 2.45) is 11.8 Å². The first-order chi connectivity index (χ1) is 6.92. The quantitative estimate of drug-likeness (QED) is 0.743. The molecule has 14 heavy (non-hydrogen) atoms. The monoisotopic (exact) mass is 195 g/mol. The molecule has 0 radical (unpaired) electrons. The minimum absolute atomic E-state index is 0.522. The molecule has 2 heteroatoms. The SMILES string of the molecule is C1COC(CNC2CC3CCC2C3)C1. The third-order valence-electron chi connectivity index (χ3n) is 4.37. The molecule has 2 saturated carbocycles. The number of nitrogens with one attached hydrogen (secondary N) is 1. The molecule has 0 amide bonds. The fourth-order valence-electron chi connectivity index (χ4n) is 3.58. The van der Waals surface area contributed by atoms with Crippen LogP contribution in [0, 0.1) is 11.8 Å². The van der Waals surface area contributed by atoms with E-state index in [0.29, 0.717) is 6.10 Å². The van der Waals surface area contributed by atoms with Gasteiger partial charge in [0, 0.05) is 19.2 Å². The first-order valence-electron chi connectivity index (χ1n) is 6.27. The van der Waals surface area contributed by atoms with Crippen LogP contribution in [-0.2, 0) is 4.74 Å². The second kappa shape index (κ2) is 3.82. The van der Waals surface area contributed by atoms with Crippen molar-refractivity contribution < 1.29 is 4.74 Å². The van der Waals surface area contributed by atoms with E-state index < -0.39 is 0 Å². The number of ether oxygens (including phenoxy) is 1. The lowest BCUT2D eigenvalue weighted by Crippen LogP contribution is -2.38. The van der Waals surface area contributed by atoms with E-state index in [9.17, 15) is 0 Å². The van der Waals surface area contributed by atoms with Gasteiger partial charge in [0.05, 0.1) is 6.10 Å². The van der Waals surface area contributed by atoms with Crippen molar-refractivity contribution in [1.82, 2.24) is 5.32 Å². The molecular formula is C12H21NO. The Kier molecular flexibility index (Phi) is 2.50. The van der Waals surface area contributed by atoms with Gasteiger partial charge < -0.3 is 10.1 Å². The standard InChI is InChI=1S/C12H21NO/c1-2-11(14-5-1)8-13-12-7-9-3-4-10(12)6-9/h9-13H,1-8H2. The largest absolute Gasteiger partial charge is 0.377 e. The lowest BCUT2D eigenvalue weighted by atomic mass is 9.95. The van der Waals surface area contributed by atoms with E-state index in [-0.39, 0.29) is 0 Å². The Labute approximate surface area is 86.4 Å². The highest BCUT2D eigenvalue weighted by Gasteiger charge is 2.39. The maximum absolute atomic E-state index is 5.63. The topological polar surface area (TPSA) is 21.3 Å². The van der Waals surface area contributed by atoms with Gasteiger partial charge >= 0.3 is 0 Å². The fourth-order valence-corrected chi connectivity index (χ4v) is 3.58. The molecule has 0 aromatic heterocycles. The molecule has 1 saturated heterocycles. The molecule has 0 spiro atoms. The Morgan fingerprint density at radius 1 is 1.14 bits per heavy atom. The van der Waals surface area contributed by atoms with Crippen LogP contribution >= 0.6 is 0 Å². The summed E-state index contributed by atoms with van der Waals surface area (Å²) in [6, 6.07) is 0.831. The summed E-state index contributed by atoms with van der Waals surface area (Å²) in [4.78, 5) is 0. The zero-order valence-electron chi connectivity index (χ0n) is 8.87. The molecule has 0 aromatic rings. The number of hydrogen-bond donors (Lipinski definition) is 1. The molecule has 2 bridgehead atoms. The lowest BCUT2D eigenvalue weighted by molar-refractivity contribution is 0.105. The van der Waals surface area contributed by atoms with Crippen LogP contribution in [0.15, 0.2) is 0 Å². The van der Waals surface area contributed by atoms with Crippen LogP contribution in [0.3, 0.4) is 0 Å². The summed E-state index contributed by atoms with van der Waals surface area (Å²) in [6.45, 7) is 2.09. The van der Waals surface area contributed by atoms with Crippen molar-refractivity contribution in [3.05, 3.63) is 0 Å². The van der Waals surface area contributed by atoms with Gasteiger partial charge in [-0.1, -0.05) is 6.42 Å². The molecule has 2 aliphatic carbocycles. The summed E-state index contributed by atoms with van der Waals surface area (Å²) in [7, 11) is 0. The first-order valence-corrected chi connectivity index (χ1v) is 6.27. The number of rotatable bonds is 3. The second-order valence-electron chi connectivity index (χ2n) is 5.32. The molecular weight excluding hydrogens is 174 g/mol. The van der Waals surface area contributed by atoms with Gasteiger partial charge in [0.1, 0.15) is 0 Å². The molecule has 80 valence electrons. The van der Waals surface area contributed by atoms with Crippen LogP contribution in [0.2, 0.25) is 0 Å². The van der Waals surface area contributed by atoms with Gasteiger partial charge in [-0.05, 0) is 43.9 Å².